The third-order valence-electron chi connectivity index (χ3n) is 2.50. The highest BCUT2D eigenvalue weighted by atomic mass is 35.5. The predicted molar refractivity (Wildman–Crippen MR) is 76.5 cm³/mol. The summed E-state index contributed by atoms with van der Waals surface area (Å²) in [6.45, 7) is 2.44. The Morgan fingerprint density at radius 1 is 1.32 bits per heavy atom. The Morgan fingerprint density at radius 3 is 2.74 bits per heavy atom. The molecule has 102 valence electrons. The number of nitrogens with zero attached hydrogens (tertiary/aromatic N) is 2. The van der Waals surface area contributed by atoms with Gasteiger partial charge in [0.05, 0.1) is 25.6 Å². The molecule has 0 spiro atoms. The summed E-state index contributed by atoms with van der Waals surface area (Å²) in [7, 11) is 3.16. The van der Waals surface area contributed by atoms with E-state index in [2.05, 4.69) is 14.7 Å². The topological polar surface area (TPSA) is 56.3 Å². The minimum Gasteiger partial charge on any atom is -0.493 e. The average Bonchev–Trinajstić information content (AvgIpc) is 2.77. The third-order valence-corrected chi connectivity index (χ3v) is 3.83. The molecule has 0 bridgehead atoms. The lowest BCUT2D eigenvalue weighted by Crippen LogP contribution is -2.03. The number of anilines is 1. The number of nitrogens with one attached hydrogen (secondary N) is 1. The number of hydrogen-bond acceptors (Lipinski definition) is 6. The van der Waals surface area contributed by atoms with Gasteiger partial charge in [0.15, 0.2) is 11.6 Å². The molecule has 7 heteroatoms. The summed E-state index contributed by atoms with van der Waals surface area (Å²) < 4.78 is 14.4. The average molecular weight is 300 g/mol. The number of ether oxygens (including phenoxy) is 2. The predicted octanol–water partition coefficient (Wildman–Crippen LogP) is 3.13. The van der Waals surface area contributed by atoms with Crippen molar-refractivity contribution in [3.8, 4) is 11.6 Å². The first-order chi connectivity index (χ1) is 9.15. The van der Waals surface area contributed by atoms with E-state index in [1.54, 1.807) is 14.2 Å². The second kappa shape index (κ2) is 6.08. The zero-order valence-electron chi connectivity index (χ0n) is 10.9. The molecule has 5 nitrogen and oxygen atoms in total. The molecule has 2 aromatic heterocycles. The SMILES string of the molecule is COc1ccc(C)nc1NCc1snc(OC)c1Cl. The highest BCUT2D eigenvalue weighted by Gasteiger charge is 2.13. The van der Waals surface area contributed by atoms with Crippen LogP contribution in [-0.4, -0.2) is 23.6 Å². The van der Waals surface area contributed by atoms with Gasteiger partial charge in [-0.25, -0.2) is 4.98 Å². The van der Waals surface area contributed by atoms with Gasteiger partial charge in [0.25, 0.3) is 0 Å². The summed E-state index contributed by atoms with van der Waals surface area (Å²) in [6, 6.07) is 3.77. The molecule has 1 N–H and O–H groups in total. The molecule has 0 aromatic carbocycles. The van der Waals surface area contributed by atoms with Gasteiger partial charge in [-0.15, -0.1) is 0 Å². The first-order valence-corrected chi connectivity index (χ1v) is 6.74. The number of aromatic nitrogens is 2. The van der Waals surface area contributed by atoms with Crippen LogP contribution in [0.15, 0.2) is 12.1 Å². The van der Waals surface area contributed by atoms with Crippen LogP contribution < -0.4 is 14.8 Å². The van der Waals surface area contributed by atoms with Crippen LogP contribution in [0.5, 0.6) is 11.6 Å². The lowest BCUT2D eigenvalue weighted by molar-refractivity contribution is 0.402. The van der Waals surface area contributed by atoms with Gasteiger partial charge in [-0.05, 0) is 30.6 Å². The van der Waals surface area contributed by atoms with Gasteiger partial charge in [0, 0.05) is 5.69 Å². The summed E-state index contributed by atoms with van der Waals surface area (Å²) in [5, 5.41) is 3.73. The zero-order chi connectivity index (χ0) is 13.8. The van der Waals surface area contributed by atoms with Crippen LogP contribution in [0.2, 0.25) is 5.02 Å². The summed E-state index contributed by atoms with van der Waals surface area (Å²) in [5.74, 6) is 1.83. The molecule has 0 fully saturated rings. The van der Waals surface area contributed by atoms with Gasteiger partial charge in [0.2, 0.25) is 5.88 Å². The minimum absolute atomic E-state index is 0.452. The van der Waals surface area contributed by atoms with E-state index in [1.807, 2.05) is 19.1 Å². The van der Waals surface area contributed by atoms with Gasteiger partial charge < -0.3 is 14.8 Å². The second-order valence-electron chi connectivity index (χ2n) is 3.79. The van der Waals surface area contributed by atoms with E-state index in [-0.39, 0.29) is 0 Å². The maximum Gasteiger partial charge on any atom is 0.244 e. The molecule has 0 radical (unpaired) electrons. The van der Waals surface area contributed by atoms with Crippen molar-refractivity contribution >= 4 is 29.0 Å². The van der Waals surface area contributed by atoms with Gasteiger partial charge in [-0.3, -0.25) is 0 Å². The van der Waals surface area contributed by atoms with Crippen LogP contribution in [0.1, 0.15) is 10.6 Å². The van der Waals surface area contributed by atoms with Gasteiger partial charge >= 0.3 is 0 Å². The highest BCUT2D eigenvalue weighted by molar-refractivity contribution is 7.06. The van der Waals surface area contributed by atoms with Crippen molar-refractivity contribution in [2.24, 2.45) is 0 Å². The normalized spacial score (nSPS) is 10.3. The van der Waals surface area contributed by atoms with Crippen molar-refractivity contribution < 1.29 is 9.47 Å². The summed E-state index contributed by atoms with van der Waals surface area (Å²) in [4.78, 5) is 5.28. The molecule has 19 heavy (non-hydrogen) atoms. The number of hydrogen-bond donors (Lipinski definition) is 1. The number of methoxy groups -OCH3 is 2. The molecule has 2 heterocycles. The third kappa shape index (κ3) is 3.08. The van der Waals surface area contributed by atoms with Crippen molar-refractivity contribution in [2.75, 3.05) is 19.5 Å². The molecule has 0 saturated heterocycles. The first-order valence-electron chi connectivity index (χ1n) is 5.59. The molecular formula is C12H14ClN3O2S. The van der Waals surface area contributed by atoms with E-state index in [4.69, 9.17) is 21.1 Å². The standard InChI is InChI=1S/C12H14ClN3O2S/c1-7-4-5-8(17-2)11(15-7)14-6-9-10(13)12(18-3)16-19-9/h4-5H,6H2,1-3H3,(H,14,15). The fourth-order valence-electron chi connectivity index (χ4n) is 1.53. The largest absolute Gasteiger partial charge is 0.493 e. The molecule has 0 atom stereocenters. The monoisotopic (exact) mass is 299 g/mol. The maximum absolute atomic E-state index is 6.13. The Morgan fingerprint density at radius 2 is 2.11 bits per heavy atom. The van der Waals surface area contributed by atoms with E-state index in [1.165, 1.54) is 11.5 Å². The Balaban J connectivity index is 2.13. The molecule has 0 aliphatic carbocycles. The van der Waals surface area contributed by atoms with Crippen molar-refractivity contribution in [3.63, 3.8) is 0 Å². The van der Waals surface area contributed by atoms with Gasteiger partial charge in [-0.2, -0.15) is 4.37 Å². The van der Waals surface area contributed by atoms with E-state index >= 15 is 0 Å². The molecule has 0 amide bonds. The van der Waals surface area contributed by atoms with Crippen molar-refractivity contribution in [2.45, 2.75) is 13.5 Å². The molecule has 2 rings (SSSR count). The minimum atomic E-state index is 0.452. The summed E-state index contributed by atoms with van der Waals surface area (Å²) >= 11 is 7.43. The Labute approximate surface area is 120 Å². The molecule has 0 aliphatic heterocycles. The fraction of sp³-hybridized carbons (Fsp3) is 0.333. The van der Waals surface area contributed by atoms with Gasteiger partial charge in [-0.1, -0.05) is 11.6 Å². The highest BCUT2D eigenvalue weighted by Crippen LogP contribution is 2.31. The molecule has 0 unspecified atom stereocenters. The quantitative estimate of drug-likeness (QED) is 0.919. The number of pyridine rings is 1. The van der Waals surface area contributed by atoms with E-state index in [0.29, 0.717) is 29.0 Å². The second-order valence-corrected chi connectivity index (χ2v) is 5.02. The first kappa shape index (κ1) is 13.9. The van der Waals surface area contributed by atoms with Crippen LogP contribution in [0.3, 0.4) is 0 Å². The van der Waals surface area contributed by atoms with Crippen molar-refractivity contribution in [1.29, 1.82) is 0 Å². The number of rotatable bonds is 5. The van der Waals surface area contributed by atoms with E-state index < -0.39 is 0 Å². The van der Waals surface area contributed by atoms with E-state index in [0.717, 1.165) is 10.6 Å². The zero-order valence-corrected chi connectivity index (χ0v) is 12.4. The maximum atomic E-state index is 6.13. The molecular weight excluding hydrogens is 286 g/mol. The lowest BCUT2D eigenvalue weighted by Gasteiger charge is -2.10. The summed E-state index contributed by atoms with van der Waals surface area (Å²) in [6.07, 6.45) is 0. The molecule has 2 aromatic rings. The van der Waals surface area contributed by atoms with Crippen LogP contribution in [0.25, 0.3) is 0 Å². The Hall–Kier alpha value is -1.53. The smallest absolute Gasteiger partial charge is 0.244 e. The molecule has 0 saturated carbocycles. The lowest BCUT2D eigenvalue weighted by atomic mass is 10.3. The van der Waals surface area contributed by atoms with Crippen molar-refractivity contribution in [3.05, 3.63) is 27.7 Å². The van der Waals surface area contributed by atoms with Crippen LogP contribution in [-0.2, 0) is 6.54 Å². The number of halogens is 1. The Bertz CT molecular complexity index is 574. The van der Waals surface area contributed by atoms with Crippen LogP contribution >= 0.6 is 23.1 Å². The summed E-state index contributed by atoms with van der Waals surface area (Å²) in [5.41, 5.74) is 0.913. The number of aryl methyl sites for hydroxylation is 1. The fourth-order valence-corrected chi connectivity index (χ4v) is 2.53. The molecule has 0 aliphatic rings. The Kier molecular flexibility index (Phi) is 4.44. The van der Waals surface area contributed by atoms with Crippen LogP contribution in [0, 0.1) is 6.92 Å². The van der Waals surface area contributed by atoms with Crippen molar-refractivity contribution in [1.82, 2.24) is 9.36 Å². The van der Waals surface area contributed by atoms with Gasteiger partial charge in [0.1, 0.15) is 5.02 Å². The van der Waals surface area contributed by atoms with E-state index in [9.17, 15) is 0 Å². The van der Waals surface area contributed by atoms with Crippen LogP contribution in [0.4, 0.5) is 5.82 Å².